The highest BCUT2D eigenvalue weighted by molar-refractivity contribution is 5.92. The van der Waals surface area contributed by atoms with E-state index in [9.17, 15) is 4.79 Å². The Balaban J connectivity index is 1.60. The summed E-state index contributed by atoms with van der Waals surface area (Å²) in [5, 5.41) is 2.78. The van der Waals surface area contributed by atoms with Gasteiger partial charge in [-0.05, 0) is 37.1 Å². The molecule has 3 heterocycles. The highest BCUT2D eigenvalue weighted by Gasteiger charge is 2.13. The van der Waals surface area contributed by atoms with Crippen LogP contribution in [0.1, 0.15) is 29.1 Å². The van der Waals surface area contributed by atoms with Crippen LogP contribution in [0.2, 0.25) is 0 Å². The fourth-order valence-corrected chi connectivity index (χ4v) is 2.35. The fraction of sp³-hybridized carbons (Fsp3) is 0.333. The Kier molecular flexibility index (Phi) is 3.67. The number of aromatic nitrogens is 1. The van der Waals surface area contributed by atoms with Gasteiger partial charge in [-0.2, -0.15) is 0 Å². The molecular weight excluding hydrogens is 254 g/mol. The summed E-state index contributed by atoms with van der Waals surface area (Å²) in [4.78, 5) is 18.5. The molecule has 5 heteroatoms. The molecule has 2 aromatic rings. The molecule has 1 aliphatic heterocycles. The summed E-state index contributed by atoms with van der Waals surface area (Å²) >= 11 is 0. The molecule has 1 aliphatic rings. The Bertz CT molecular complexity index is 557. The molecule has 1 fully saturated rings. The number of hydrogen-bond donors (Lipinski definition) is 1. The maximum Gasteiger partial charge on any atom is 0.270 e. The number of anilines is 1. The van der Waals surface area contributed by atoms with E-state index in [1.807, 2.05) is 12.1 Å². The summed E-state index contributed by atoms with van der Waals surface area (Å²) < 4.78 is 5.16. The maximum atomic E-state index is 11.9. The summed E-state index contributed by atoms with van der Waals surface area (Å²) in [5.41, 5.74) is 1.52. The van der Waals surface area contributed by atoms with Gasteiger partial charge in [-0.15, -0.1) is 0 Å². The fourth-order valence-electron chi connectivity index (χ4n) is 2.35. The topological polar surface area (TPSA) is 58.4 Å². The molecule has 0 aliphatic carbocycles. The van der Waals surface area contributed by atoms with Crippen LogP contribution in [0.25, 0.3) is 0 Å². The van der Waals surface area contributed by atoms with Gasteiger partial charge in [0.1, 0.15) is 11.5 Å². The third-order valence-corrected chi connectivity index (χ3v) is 3.45. The smallest absolute Gasteiger partial charge is 0.270 e. The quantitative estimate of drug-likeness (QED) is 0.926. The molecule has 1 amide bonds. The molecule has 20 heavy (non-hydrogen) atoms. The van der Waals surface area contributed by atoms with E-state index in [0.29, 0.717) is 12.2 Å². The van der Waals surface area contributed by atoms with Crippen LogP contribution in [0.5, 0.6) is 0 Å². The van der Waals surface area contributed by atoms with Crippen LogP contribution in [-0.4, -0.2) is 24.0 Å². The number of furan rings is 1. The molecule has 5 nitrogen and oxygen atoms in total. The Morgan fingerprint density at radius 2 is 2.15 bits per heavy atom. The van der Waals surface area contributed by atoms with Crippen molar-refractivity contribution >= 4 is 11.6 Å². The number of pyridine rings is 1. The van der Waals surface area contributed by atoms with Gasteiger partial charge in [-0.25, -0.2) is 4.98 Å². The normalized spacial score (nSPS) is 14.5. The van der Waals surface area contributed by atoms with Crippen LogP contribution in [-0.2, 0) is 6.54 Å². The summed E-state index contributed by atoms with van der Waals surface area (Å²) in [6.07, 6.45) is 5.81. The first kappa shape index (κ1) is 12.7. The molecule has 1 saturated heterocycles. The van der Waals surface area contributed by atoms with Crippen molar-refractivity contribution in [1.29, 1.82) is 0 Å². The largest absolute Gasteiger partial charge is 0.467 e. The van der Waals surface area contributed by atoms with Crippen molar-refractivity contribution in [2.75, 3.05) is 18.0 Å². The molecule has 0 spiro atoms. The van der Waals surface area contributed by atoms with Gasteiger partial charge >= 0.3 is 0 Å². The summed E-state index contributed by atoms with van der Waals surface area (Å²) in [6.45, 7) is 2.53. The van der Waals surface area contributed by atoms with Gasteiger partial charge in [0.2, 0.25) is 0 Å². The highest BCUT2D eigenvalue weighted by Crippen LogP contribution is 2.18. The standard InChI is InChI=1S/C15H17N3O2/c19-15(17-11-13-4-3-9-20-13)14-6-5-12(10-16-14)18-7-1-2-8-18/h3-6,9-10H,1-2,7-8,11H2,(H,17,19). The van der Waals surface area contributed by atoms with Crippen LogP contribution < -0.4 is 10.2 Å². The number of amides is 1. The number of nitrogens with zero attached hydrogens (tertiary/aromatic N) is 2. The highest BCUT2D eigenvalue weighted by atomic mass is 16.3. The number of rotatable bonds is 4. The van der Waals surface area contributed by atoms with Crippen molar-refractivity contribution in [2.45, 2.75) is 19.4 Å². The predicted molar refractivity (Wildman–Crippen MR) is 75.6 cm³/mol. The number of carbonyl (C=O) groups excluding carboxylic acids is 1. The van der Waals surface area contributed by atoms with Gasteiger partial charge < -0.3 is 14.6 Å². The van der Waals surface area contributed by atoms with E-state index in [4.69, 9.17) is 4.42 Å². The second kappa shape index (κ2) is 5.77. The first-order valence-corrected chi connectivity index (χ1v) is 6.84. The van der Waals surface area contributed by atoms with Crippen molar-refractivity contribution in [3.05, 3.63) is 48.2 Å². The van der Waals surface area contributed by atoms with Crippen molar-refractivity contribution < 1.29 is 9.21 Å². The molecule has 0 saturated carbocycles. The van der Waals surface area contributed by atoms with E-state index >= 15 is 0 Å². The molecule has 1 N–H and O–H groups in total. The monoisotopic (exact) mass is 271 g/mol. The van der Waals surface area contributed by atoms with Crippen molar-refractivity contribution in [3.8, 4) is 0 Å². The SMILES string of the molecule is O=C(NCc1ccco1)c1ccc(N2CCCC2)cn1. The van der Waals surface area contributed by atoms with Gasteiger partial charge in [0.25, 0.3) is 5.91 Å². The van der Waals surface area contributed by atoms with E-state index in [2.05, 4.69) is 15.2 Å². The Hall–Kier alpha value is -2.30. The van der Waals surface area contributed by atoms with Gasteiger partial charge in [-0.1, -0.05) is 0 Å². The average molecular weight is 271 g/mol. The molecule has 3 rings (SSSR count). The van der Waals surface area contributed by atoms with E-state index in [0.717, 1.165) is 24.5 Å². The Morgan fingerprint density at radius 1 is 1.30 bits per heavy atom. The van der Waals surface area contributed by atoms with Gasteiger partial charge in [0, 0.05) is 13.1 Å². The zero-order valence-electron chi connectivity index (χ0n) is 11.2. The first-order valence-electron chi connectivity index (χ1n) is 6.84. The second-order valence-corrected chi connectivity index (χ2v) is 4.86. The lowest BCUT2D eigenvalue weighted by atomic mass is 10.3. The second-order valence-electron chi connectivity index (χ2n) is 4.86. The zero-order chi connectivity index (χ0) is 13.8. The van der Waals surface area contributed by atoms with Crippen molar-refractivity contribution in [1.82, 2.24) is 10.3 Å². The summed E-state index contributed by atoms with van der Waals surface area (Å²) in [5.74, 6) is 0.543. The maximum absolute atomic E-state index is 11.9. The number of hydrogen-bond acceptors (Lipinski definition) is 4. The van der Waals surface area contributed by atoms with Crippen LogP contribution in [0.15, 0.2) is 41.1 Å². The van der Waals surface area contributed by atoms with Gasteiger partial charge in [-0.3, -0.25) is 4.79 Å². The van der Waals surface area contributed by atoms with Crippen LogP contribution in [0.4, 0.5) is 5.69 Å². The predicted octanol–water partition coefficient (Wildman–Crippen LogP) is 2.20. The average Bonchev–Trinajstić information content (AvgIpc) is 3.18. The van der Waals surface area contributed by atoms with Crippen molar-refractivity contribution in [2.24, 2.45) is 0 Å². The lowest BCUT2D eigenvalue weighted by Crippen LogP contribution is -2.24. The van der Waals surface area contributed by atoms with Crippen LogP contribution >= 0.6 is 0 Å². The molecule has 0 radical (unpaired) electrons. The number of carbonyl (C=O) groups is 1. The Labute approximate surface area is 117 Å². The van der Waals surface area contributed by atoms with Crippen LogP contribution in [0.3, 0.4) is 0 Å². The Morgan fingerprint density at radius 3 is 2.80 bits per heavy atom. The summed E-state index contributed by atoms with van der Waals surface area (Å²) in [7, 11) is 0. The lowest BCUT2D eigenvalue weighted by Gasteiger charge is -2.16. The molecule has 0 unspecified atom stereocenters. The number of nitrogens with one attached hydrogen (secondary N) is 1. The molecule has 0 atom stereocenters. The third kappa shape index (κ3) is 2.82. The van der Waals surface area contributed by atoms with Gasteiger partial charge in [0.05, 0.1) is 24.7 Å². The molecule has 0 bridgehead atoms. The van der Waals surface area contributed by atoms with E-state index in [1.165, 1.54) is 12.8 Å². The van der Waals surface area contributed by atoms with Crippen molar-refractivity contribution in [3.63, 3.8) is 0 Å². The third-order valence-electron chi connectivity index (χ3n) is 3.45. The zero-order valence-corrected chi connectivity index (χ0v) is 11.2. The molecule has 104 valence electrons. The minimum atomic E-state index is -0.186. The van der Waals surface area contributed by atoms with Gasteiger partial charge in [0.15, 0.2) is 0 Å². The minimum absolute atomic E-state index is 0.186. The molecular formula is C15H17N3O2. The molecule has 0 aromatic carbocycles. The van der Waals surface area contributed by atoms with Crippen LogP contribution in [0, 0.1) is 0 Å². The summed E-state index contributed by atoms with van der Waals surface area (Å²) in [6, 6.07) is 7.35. The molecule has 2 aromatic heterocycles. The minimum Gasteiger partial charge on any atom is -0.467 e. The lowest BCUT2D eigenvalue weighted by molar-refractivity contribution is 0.0943. The van der Waals surface area contributed by atoms with E-state index < -0.39 is 0 Å². The first-order chi connectivity index (χ1) is 9.83. The van der Waals surface area contributed by atoms with E-state index in [1.54, 1.807) is 24.6 Å². The van der Waals surface area contributed by atoms with E-state index in [-0.39, 0.29) is 5.91 Å².